The fourth-order valence-electron chi connectivity index (χ4n) is 3.09. The van der Waals surface area contributed by atoms with Crippen molar-refractivity contribution in [3.05, 3.63) is 89.7 Å². The second-order valence-electron chi connectivity index (χ2n) is 7.08. The van der Waals surface area contributed by atoms with Crippen LogP contribution in [0.15, 0.2) is 72.9 Å². The molecule has 0 bridgehead atoms. The van der Waals surface area contributed by atoms with Crippen molar-refractivity contribution in [3.63, 3.8) is 0 Å². The summed E-state index contributed by atoms with van der Waals surface area (Å²) in [7, 11) is 0. The monoisotopic (exact) mass is 361 g/mol. The minimum absolute atomic E-state index is 0.0771. The molecule has 3 aromatic rings. The maximum Gasteiger partial charge on any atom is 0.322 e. The van der Waals surface area contributed by atoms with Gasteiger partial charge < -0.3 is 14.8 Å². The molecule has 4 nitrogen and oxygen atoms in total. The van der Waals surface area contributed by atoms with Crippen LogP contribution in [0.2, 0.25) is 0 Å². The third-order valence-electron chi connectivity index (χ3n) is 4.72. The summed E-state index contributed by atoms with van der Waals surface area (Å²) in [6.45, 7) is 7.45. The number of hydrogen-bond acceptors (Lipinski definition) is 1. The smallest absolute Gasteiger partial charge is 0.322 e. The van der Waals surface area contributed by atoms with E-state index in [1.807, 2.05) is 62.1 Å². The Balaban J connectivity index is 1.74. The first kappa shape index (κ1) is 18.8. The molecule has 0 aliphatic heterocycles. The quantitative estimate of drug-likeness (QED) is 0.636. The number of benzene rings is 2. The van der Waals surface area contributed by atoms with E-state index in [1.165, 1.54) is 5.56 Å². The summed E-state index contributed by atoms with van der Waals surface area (Å²) in [6.07, 6.45) is 2.07. The van der Waals surface area contributed by atoms with Crippen molar-refractivity contribution in [2.24, 2.45) is 0 Å². The number of carbonyl (C=O) groups excluding carboxylic acids is 1. The molecule has 0 unspecified atom stereocenters. The molecule has 0 spiro atoms. The van der Waals surface area contributed by atoms with Crippen LogP contribution in [-0.2, 0) is 13.1 Å². The number of urea groups is 1. The van der Waals surface area contributed by atoms with Crippen molar-refractivity contribution < 1.29 is 4.79 Å². The molecule has 0 saturated carbocycles. The first-order chi connectivity index (χ1) is 13.0. The van der Waals surface area contributed by atoms with E-state index in [0.29, 0.717) is 6.54 Å². The van der Waals surface area contributed by atoms with Crippen LogP contribution in [0.4, 0.5) is 10.5 Å². The standard InChI is InChI=1S/C23H27N3O/c1-18(2)26(23(27)24-22-14-8-7-10-19(22)3)17-21-13-9-15-25(21)16-20-11-5-4-6-12-20/h4-15,18H,16-17H2,1-3H3,(H,24,27). The van der Waals surface area contributed by atoms with Crippen molar-refractivity contribution in [3.8, 4) is 0 Å². The van der Waals surface area contributed by atoms with Gasteiger partial charge in [0.2, 0.25) is 0 Å². The van der Waals surface area contributed by atoms with Crippen LogP contribution < -0.4 is 5.32 Å². The van der Waals surface area contributed by atoms with E-state index in [4.69, 9.17) is 0 Å². The molecule has 0 saturated heterocycles. The fourth-order valence-corrected chi connectivity index (χ4v) is 3.09. The highest BCUT2D eigenvalue weighted by molar-refractivity contribution is 5.90. The number of para-hydroxylation sites is 1. The molecule has 0 fully saturated rings. The summed E-state index contributed by atoms with van der Waals surface area (Å²) in [5.41, 5.74) is 4.28. The first-order valence-electron chi connectivity index (χ1n) is 9.36. The molecule has 1 aromatic heterocycles. The highest BCUT2D eigenvalue weighted by Crippen LogP contribution is 2.17. The lowest BCUT2D eigenvalue weighted by Crippen LogP contribution is -2.40. The largest absolute Gasteiger partial charge is 0.345 e. The number of aromatic nitrogens is 1. The third-order valence-corrected chi connectivity index (χ3v) is 4.72. The number of amides is 2. The summed E-state index contributed by atoms with van der Waals surface area (Å²) in [5, 5.41) is 3.05. The molecule has 2 amide bonds. The highest BCUT2D eigenvalue weighted by atomic mass is 16.2. The molecule has 0 aliphatic carbocycles. The van der Waals surface area contributed by atoms with E-state index < -0.39 is 0 Å². The van der Waals surface area contributed by atoms with Gasteiger partial charge in [-0.3, -0.25) is 0 Å². The van der Waals surface area contributed by atoms with Crippen LogP contribution >= 0.6 is 0 Å². The maximum atomic E-state index is 12.9. The molecule has 1 heterocycles. The van der Waals surface area contributed by atoms with E-state index in [0.717, 1.165) is 23.5 Å². The van der Waals surface area contributed by atoms with Crippen molar-refractivity contribution >= 4 is 11.7 Å². The molecule has 2 aromatic carbocycles. The van der Waals surface area contributed by atoms with Crippen LogP contribution in [0.3, 0.4) is 0 Å². The lowest BCUT2D eigenvalue weighted by atomic mass is 10.2. The number of carbonyl (C=O) groups is 1. The predicted octanol–water partition coefficient (Wildman–Crippen LogP) is 5.29. The second kappa shape index (κ2) is 8.58. The zero-order valence-electron chi connectivity index (χ0n) is 16.2. The molecule has 0 atom stereocenters. The Labute approximate surface area is 161 Å². The van der Waals surface area contributed by atoms with Gasteiger partial charge in [-0.1, -0.05) is 48.5 Å². The average Bonchev–Trinajstić information content (AvgIpc) is 3.09. The Morgan fingerprint density at radius 1 is 1.00 bits per heavy atom. The maximum absolute atomic E-state index is 12.9. The van der Waals surface area contributed by atoms with E-state index in [1.54, 1.807) is 0 Å². The van der Waals surface area contributed by atoms with Gasteiger partial charge in [0, 0.05) is 30.2 Å². The topological polar surface area (TPSA) is 37.3 Å². The van der Waals surface area contributed by atoms with Crippen LogP contribution in [-0.4, -0.2) is 21.5 Å². The summed E-state index contributed by atoms with van der Waals surface area (Å²) in [4.78, 5) is 14.8. The number of hydrogen-bond donors (Lipinski definition) is 1. The normalized spacial score (nSPS) is 10.8. The third kappa shape index (κ3) is 4.79. The van der Waals surface area contributed by atoms with Gasteiger partial charge in [-0.2, -0.15) is 0 Å². The number of nitrogens with one attached hydrogen (secondary N) is 1. The Morgan fingerprint density at radius 2 is 1.70 bits per heavy atom. The Morgan fingerprint density at radius 3 is 2.41 bits per heavy atom. The van der Waals surface area contributed by atoms with E-state index >= 15 is 0 Å². The van der Waals surface area contributed by atoms with Gasteiger partial charge in [0.1, 0.15) is 0 Å². The van der Waals surface area contributed by atoms with E-state index in [2.05, 4.69) is 46.4 Å². The minimum Gasteiger partial charge on any atom is -0.345 e. The number of nitrogens with zero attached hydrogens (tertiary/aromatic N) is 2. The zero-order valence-corrected chi connectivity index (χ0v) is 16.2. The number of aryl methyl sites for hydroxylation is 1. The Bertz CT molecular complexity index is 883. The molecule has 0 aliphatic rings. The zero-order chi connectivity index (χ0) is 19.2. The van der Waals surface area contributed by atoms with Gasteiger partial charge in [-0.15, -0.1) is 0 Å². The number of rotatable bonds is 6. The molecule has 140 valence electrons. The molecular formula is C23H27N3O. The predicted molar refractivity (Wildman–Crippen MR) is 111 cm³/mol. The van der Waals surface area contributed by atoms with Gasteiger partial charge >= 0.3 is 6.03 Å². The first-order valence-corrected chi connectivity index (χ1v) is 9.36. The summed E-state index contributed by atoms with van der Waals surface area (Å²) in [5.74, 6) is 0. The minimum atomic E-state index is -0.0771. The Hall–Kier alpha value is -3.01. The van der Waals surface area contributed by atoms with E-state index in [9.17, 15) is 4.79 Å². The lowest BCUT2D eigenvalue weighted by Gasteiger charge is -2.28. The molecule has 1 N–H and O–H groups in total. The van der Waals surface area contributed by atoms with Crippen LogP contribution in [0.1, 0.15) is 30.7 Å². The lowest BCUT2D eigenvalue weighted by molar-refractivity contribution is 0.192. The molecule has 27 heavy (non-hydrogen) atoms. The fraction of sp³-hybridized carbons (Fsp3) is 0.261. The van der Waals surface area contributed by atoms with Crippen molar-refractivity contribution in [1.29, 1.82) is 0 Å². The molecular weight excluding hydrogens is 334 g/mol. The van der Waals surface area contributed by atoms with Crippen molar-refractivity contribution in [2.75, 3.05) is 5.32 Å². The van der Waals surface area contributed by atoms with Crippen molar-refractivity contribution in [2.45, 2.75) is 39.9 Å². The average molecular weight is 361 g/mol. The van der Waals surface area contributed by atoms with Gasteiger partial charge in [0.05, 0.1) is 6.54 Å². The van der Waals surface area contributed by atoms with Gasteiger partial charge in [0.15, 0.2) is 0 Å². The number of anilines is 1. The van der Waals surface area contributed by atoms with Crippen LogP contribution in [0.5, 0.6) is 0 Å². The molecule has 4 heteroatoms. The van der Waals surface area contributed by atoms with E-state index in [-0.39, 0.29) is 12.1 Å². The summed E-state index contributed by atoms with van der Waals surface area (Å²) < 4.78 is 2.20. The summed E-state index contributed by atoms with van der Waals surface area (Å²) in [6, 6.07) is 22.3. The van der Waals surface area contributed by atoms with Crippen LogP contribution in [0.25, 0.3) is 0 Å². The molecule has 0 radical (unpaired) electrons. The van der Waals surface area contributed by atoms with Crippen LogP contribution in [0, 0.1) is 6.92 Å². The summed E-state index contributed by atoms with van der Waals surface area (Å²) >= 11 is 0. The SMILES string of the molecule is Cc1ccccc1NC(=O)N(Cc1cccn1Cc1ccccc1)C(C)C. The van der Waals surface area contributed by atoms with Crippen molar-refractivity contribution in [1.82, 2.24) is 9.47 Å². The Kier molecular flexibility index (Phi) is 5.97. The van der Waals surface area contributed by atoms with Gasteiger partial charge in [-0.05, 0) is 50.1 Å². The van der Waals surface area contributed by atoms with Gasteiger partial charge in [0.25, 0.3) is 0 Å². The highest BCUT2D eigenvalue weighted by Gasteiger charge is 2.19. The van der Waals surface area contributed by atoms with Gasteiger partial charge in [-0.25, -0.2) is 4.79 Å². The second-order valence-corrected chi connectivity index (χ2v) is 7.08. The molecule has 3 rings (SSSR count).